The topological polar surface area (TPSA) is 82.4 Å². The van der Waals surface area contributed by atoms with Crippen molar-refractivity contribution < 1.29 is 19.1 Å². The Hall–Kier alpha value is -3.58. The molecule has 3 aromatic rings. The second-order valence-corrected chi connectivity index (χ2v) is 7.68. The highest BCUT2D eigenvalue weighted by Gasteiger charge is 2.12. The van der Waals surface area contributed by atoms with Crippen LogP contribution in [-0.2, 0) is 27.3 Å². The first-order valence-electron chi connectivity index (χ1n) is 10.5. The van der Waals surface area contributed by atoms with Crippen molar-refractivity contribution in [3.8, 4) is 5.75 Å². The van der Waals surface area contributed by atoms with Gasteiger partial charge in [0.05, 0.1) is 19.3 Å². The predicted octanol–water partition coefficient (Wildman–Crippen LogP) is 3.82. The molecule has 172 valence electrons. The van der Waals surface area contributed by atoms with Gasteiger partial charge in [-0.3, -0.25) is 4.79 Å². The Balaban J connectivity index is 1.44. The fourth-order valence-corrected chi connectivity index (χ4v) is 3.44. The first-order valence-corrected chi connectivity index (χ1v) is 10.9. The van der Waals surface area contributed by atoms with Crippen LogP contribution >= 0.6 is 11.6 Å². The van der Waals surface area contributed by atoms with Crippen molar-refractivity contribution in [1.29, 1.82) is 0 Å². The number of esters is 1. The third kappa shape index (κ3) is 7.22. The number of carbonyl (C=O) groups excluding carboxylic acids is 2. The molecule has 1 aromatic heterocycles. The monoisotopic (exact) mass is 467 g/mol. The number of carbonyl (C=O) groups is 2. The van der Waals surface area contributed by atoms with Crippen LogP contribution in [0.4, 0.5) is 0 Å². The molecule has 3 rings (SSSR count). The molecule has 0 aliphatic heterocycles. The van der Waals surface area contributed by atoms with Crippen LogP contribution in [0, 0.1) is 6.92 Å². The maximum absolute atomic E-state index is 12.0. The Morgan fingerprint density at radius 2 is 1.82 bits per heavy atom. The lowest BCUT2D eigenvalue weighted by atomic mass is 10.1. The molecule has 7 nitrogen and oxygen atoms in total. The lowest BCUT2D eigenvalue weighted by Crippen LogP contribution is -2.30. The summed E-state index contributed by atoms with van der Waals surface area (Å²) in [6.45, 7) is 2.42. The van der Waals surface area contributed by atoms with E-state index in [4.69, 9.17) is 21.1 Å². The van der Waals surface area contributed by atoms with Gasteiger partial charge in [0.25, 0.3) is 5.91 Å². The van der Waals surface area contributed by atoms with Crippen molar-refractivity contribution in [2.24, 2.45) is 0 Å². The summed E-state index contributed by atoms with van der Waals surface area (Å²) in [4.78, 5) is 24.0. The van der Waals surface area contributed by atoms with E-state index in [1.165, 1.54) is 6.08 Å². The van der Waals surface area contributed by atoms with E-state index in [0.29, 0.717) is 35.9 Å². The summed E-state index contributed by atoms with van der Waals surface area (Å²) in [5.74, 6) is -0.218. The van der Waals surface area contributed by atoms with Crippen LogP contribution in [0.15, 0.2) is 60.7 Å². The van der Waals surface area contributed by atoms with Gasteiger partial charge in [-0.2, -0.15) is 5.10 Å². The third-order valence-corrected chi connectivity index (χ3v) is 5.31. The summed E-state index contributed by atoms with van der Waals surface area (Å²) in [7, 11) is 1.61. The molecule has 8 heteroatoms. The van der Waals surface area contributed by atoms with Crippen molar-refractivity contribution in [2.45, 2.75) is 19.9 Å². The Bertz CT molecular complexity index is 1110. The number of hydrogen-bond donors (Lipinski definition) is 1. The molecule has 0 unspecified atom stereocenters. The first-order chi connectivity index (χ1) is 16.0. The standard InChI is InChI=1S/C25H26ClN3O4/c1-18-22(25(26)29(28-18)16-20-6-4-3-5-7-20)12-13-24(31)33-17-23(30)27-15-14-19-8-10-21(32-2)11-9-19/h3-13H,14-17H2,1-2H3,(H,27,30)/b13-12+. The molecule has 0 bridgehead atoms. The summed E-state index contributed by atoms with van der Waals surface area (Å²) in [5.41, 5.74) is 3.45. The van der Waals surface area contributed by atoms with Crippen molar-refractivity contribution in [3.63, 3.8) is 0 Å². The second-order valence-electron chi connectivity index (χ2n) is 7.32. The summed E-state index contributed by atoms with van der Waals surface area (Å²) in [5, 5.41) is 7.59. The number of methoxy groups -OCH3 is 1. The van der Waals surface area contributed by atoms with Gasteiger partial charge in [-0.05, 0) is 42.7 Å². The lowest BCUT2D eigenvalue weighted by Gasteiger charge is -2.06. The highest BCUT2D eigenvalue weighted by molar-refractivity contribution is 6.31. The zero-order valence-corrected chi connectivity index (χ0v) is 19.3. The van der Waals surface area contributed by atoms with E-state index in [-0.39, 0.29) is 12.5 Å². The molecule has 0 radical (unpaired) electrons. The van der Waals surface area contributed by atoms with E-state index in [1.807, 2.05) is 61.5 Å². The van der Waals surface area contributed by atoms with Crippen LogP contribution in [0.25, 0.3) is 6.08 Å². The van der Waals surface area contributed by atoms with Gasteiger partial charge in [-0.25, -0.2) is 9.48 Å². The molecule has 0 atom stereocenters. The van der Waals surface area contributed by atoms with Crippen molar-refractivity contribution in [1.82, 2.24) is 15.1 Å². The van der Waals surface area contributed by atoms with Crippen molar-refractivity contribution >= 4 is 29.6 Å². The van der Waals surface area contributed by atoms with E-state index in [0.717, 1.165) is 16.9 Å². The Morgan fingerprint density at radius 1 is 1.09 bits per heavy atom. The highest BCUT2D eigenvalue weighted by atomic mass is 35.5. The minimum atomic E-state index is -0.633. The highest BCUT2D eigenvalue weighted by Crippen LogP contribution is 2.22. The van der Waals surface area contributed by atoms with Gasteiger partial charge >= 0.3 is 5.97 Å². The maximum Gasteiger partial charge on any atom is 0.331 e. The van der Waals surface area contributed by atoms with Gasteiger partial charge in [-0.1, -0.05) is 54.1 Å². The number of hydrogen-bond acceptors (Lipinski definition) is 5. The van der Waals surface area contributed by atoms with Crippen LogP contribution in [0.3, 0.4) is 0 Å². The van der Waals surface area contributed by atoms with E-state index in [2.05, 4.69) is 10.4 Å². The van der Waals surface area contributed by atoms with E-state index < -0.39 is 5.97 Å². The molecule has 0 spiro atoms. The van der Waals surface area contributed by atoms with Gasteiger partial charge in [0, 0.05) is 18.2 Å². The van der Waals surface area contributed by atoms with Crippen LogP contribution in [0.1, 0.15) is 22.4 Å². The number of ether oxygens (including phenoxy) is 2. The molecule has 33 heavy (non-hydrogen) atoms. The summed E-state index contributed by atoms with van der Waals surface area (Å²) < 4.78 is 11.8. The summed E-state index contributed by atoms with van der Waals surface area (Å²) in [6.07, 6.45) is 3.46. The van der Waals surface area contributed by atoms with Crippen molar-refractivity contribution in [2.75, 3.05) is 20.3 Å². The zero-order valence-electron chi connectivity index (χ0n) is 18.6. The molecule has 0 aliphatic rings. The number of amides is 1. The van der Waals surface area contributed by atoms with E-state index >= 15 is 0 Å². The third-order valence-electron chi connectivity index (χ3n) is 4.91. The Kier molecular flexibility index (Phi) is 8.66. The minimum absolute atomic E-state index is 0.355. The molecule has 0 saturated heterocycles. The minimum Gasteiger partial charge on any atom is -0.497 e. The van der Waals surface area contributed by atoms with Crippen LogP contribution < -0.4 is 10.1 Å². The fourth-order valence-electron chi connectivity index (χ4n) is 3.14. The van der Waals surface area contributed by atoms with Gasteiger partial charge in [0.15, 0.2) is 6.61 Å². The van der Waals surface area contributed by atoms with Crippen LogP contribution in [0.2, 0.25) is 5.15 Å². The van der Waals surface area contributed by atoms with Crippen molar-refractivity contribution in [3.05, 3.63) is 88.2 Å². The summed E-state index contributed by atoms with van der Waals surface area (Å²) >= 11 is 6.44. The molecule has 1 amide bonds. The Labute approximate surface area is 198 Å². The molecular formula is C25H26ClN3O4. The van der Waals surface area contributed by atoms with E-state index in [1.54, 1.807) is 17.9 Å². The maximum atomic E-state index is 12.0. The SMILES string of the molecule is COc1ccc(CCNC(=O)COC(=O)/C=C/c2c(C)nn(Cc3ccccc3)c2Cl)cc1. The largest absolute Gasteiger partial charge is 0.497 e. The smallest absolute Gasteiger partial charge is 0.331 e. The van der Waals surface area contributed by atoms with Gasteiger partial charge in [0.1, 0.15) is 10.9 Å². The molecule has 1 heterocycles. The number of benzene rings is 2. The molecule has 1 N–H and O–H groups in total. The van der Waals surface area contributed by atoms with Crippen LogP contribution in [0.5, 0.6) is 5.75 Å². The first kappa shape index (κ1) is 24.1. The summed E-state index contributed by atoms with van der Waals surface area (Å²) in [6, 6.07) is 17.4. The van der Waals surface area contributed by atoms with Gasteiger partial charge in [-0.15, -0.1) is 0 Å². The average molecular weight is 468 g/mol. The second kappa shape index (κ2) is 11.9. The lowest BCUT2D eigenvalue weighted by molar-refractivity contribution is -0.143. The van der Waals surface area contributed by atoms with Gasteiger partial charge < -0.3 is 14.8 Å². The molecule has 2 aromatic carbocycles. The number of nitrogens with one attached hydrogen (secondary N) is 1. The fraction of sp³-hybridized carbons (Fsp3) is 0.240. The quantitative estimate of drug-likeness (QED) is 0.362. The van der Waals surface area contributed by atoms with E-state index in [9.17, 15) is 9.59 Å². The number of aromatic nitrogens is 2. The zero-order chi connectivity index (χ0) is 23.6. The van der Waals surface area contributed by atoms with Gasteiger partial charge in [0.2, 0.25) is 0 Å². The molecular weight excluding hydrogens is 442 g/mol. The number of halogens is 1. The Morgan fingerprint density at radius 3 is 2.52 bits per heavy atom. The number of aryl methyl sites for hydroxylation is 1. The average Bonchev–Trinajstić information content (AvgIpc) is 3.09. The number of nitrogens with zero attached hydrogens (tertiary/aromatic N) is 2. The normalized spacial score (nSPS) is 10.9. The molecule has 0 saturated carbocycles. The molecule has 0 fully saturated rings. The number of rotatable bonds is 10. The van der Waals surface area contributed by atoms with Crippen LogP contribution in [-0.4, -0.2) is 41.9 Å². The predicted molar refractivity (Wildman–Crippen MR) is 127 cm³/mol. The molecule has 0 aliphatic carbocycles.